The highest BCUT2D eigenvalue weighted by molar-refractivity contribution is 4.95. The van der Waals surface area contributed by atoms with Gasteiger partial charge in [0.1, 0.15) is 0 Å². The van der Waals surface area contributed by atoms with Gasteiger partial charge in [0.15, 0.2) is 0 Å². The van der Waals surface area contributed by atoms with Crippen LogP contribution in [0.2, 0.25) is 0 Å². The van der Waals surface area contributed by atoms with Gasteiger partial charge >= 0.3 is 0 Å². The van der Waals surface area contributed by atoms with Gasteiger partial charge in [-0.3, -0.25) is 4.90 Å². The molecule has 2 bridgehead atoms. The fourth-order valence-electron chi connectivity index (χ4n) is 4.23. The van der Waals surface area contributed by atoms with Crippen LogP contribution in [0.4, 0.5) is 0 Å². The summed E-state index contributed by atoms with van der Waals surface area (Å²) >= 11 is 0. The van der Waals surface area contributed by atoms with Crippen molar-refractivity contribution in [1.29, 1.82) is 0 Å². The van der Waals surface area contributed by atoms with E-state index < -0.39 is 0 Å². The van der Waals surface area contributed by atoms with Crippen LogP contribution < -0.4 is 5.32 Å². The van der Waals surface area contributed by atoms with E-state index >= 15 is 0 Å². The van der Waals surface area contributed by atoms with Gasteiger partial charge in [-0.1, -0.05) is 39.5 Å². The van der Waals surface area contributed by atoms with E-state index in [1.807, 2.05) is 0 Å². The van der Waals surface area contributed by atoms with E-state index in [9.17, 15) is 0 Å². The molecule has 0 aromatic rings. The molecule has 0 saturated carbocycles. The smallest absolute Gasteiger partial charge is 0.0113 e. The summed E-state index contributed by atoms with van der Waals surface area (Å²) in [5, 5.41) is 3.53. The summed E-state index contributed by atoms with van der Waals surface area (Å²) in [7, 11) is 2.14. The van der Waals surface area contributed by atoms with Crippen molar-refractivity contribution in [3.63, 3.8) is 0 Å². The first kappa shape index (κ1) is 15.3. The van der Waals surface area contributed by atoms with E-state index in [0.29, 0.717) is 0 Å². The molecule has 2 rings (SSSR count). The van der Waals surface area contributed by atoms with Crippen LogP contribution in [0.1, 0.15) is 71.6 Å². The van der Waals surface area contributed by atoms with Gasteiger partial charge in [0.05, 0.1) is 0 Å². The van der Waals surface area contributed by atoms with Crippen LogP contribution in [0.5, 0.6) is 0 Å². The van der Waals surface area contributed by atoms with Crippen LogP contribution in [0.15, 0.2) is 0 Å². The Hall–Kier alpha value is -0.0800. The van der Waals surface area contributed by atoms with Crippen molar-refractivity contribution >= 4 is 0 Å². The van der Waals surface area contributed by atoms with E-state index in [1.165, 1.54) is 64.3 Å². The summed E-state index contributed by atoms with van der Waals surface area (Å²) in [6, 6.07) is 2.53. The molecular weight excluding hydrogens is 232 g/mol. The Kier molecular flexibility index (Phi) is 6.15. The van der Waals surface area contributed by atoms with Gasteiger partial charge in [0, 0.05) is 24.7 Å². The molecule has 2 heterocycles. The second-order valence-electron chi connectivity index (χ2n) is 6.81. The molecule has 2 aliphatic rings. The summed E-state index contributed by atoms with van der Waals surface area (Å²) in [5.74, 6) is 0.939. The van der Waals surface area contributed by atoms with E-state index in [-0.39, 0.29) is 0 Å². The molecule has 2 saturated heterocycles. The zero-order valence-corrected chi connectivity index (χ0v) is 13.3. The molecular formula is C17H34N2. The molecule has 0 aliphatic carbocycles. The molecule has 2 aliphatic heterocycles. The van der Waals surface area contributed by atoms with Crippen molar-refractivity contribution in [3.8, 4) is 0 Å². The Bertz CT molecular complexity index is 240. The Morgan fingerprint density at radius 2 is 1.84 bits per heavy atom. The van der Waals surface area contributed by atoms with E-state index in [4.69, 9.17) is 0 Å². The minimum atomic E-state index is 0.780. The van der Waals surface area contributed by atoms with Gasteiger partial charge in [-0.25, -0.2) is 0 Å². The van der Waals surface area contributed by atoms with Crippen molar-refractivity contribution in [2.75, 3.05) is 13.6 Å². The monoisotopic (exact) mass is 266 g/mol. The molecule has 0 spiro atoms. The predicted molar refractivity (Wildman–Crippen MR) is 83.5 cm³/mol. The van der Waals surface area contributed by atoms with Gasteiger partial charge in [-0.2, -0.15) is 0 Å². The second-order valence-corrected chi connectivity index (χ2v) is 6.81. The summed E-state index contributed by atoms with van der Waals surface area (Å²) in [4.78, 5) is 2.90. The lowest BCUT2D eigenvalue weighted by Gasteiger charge is -2.50. The van der Waals surface area contributed by atoms with Crippen LogP contribution in [0, 0.1) is 5.92 Å². The molecule has 0 aromatic heterocycles. The Balaban J connectivity index is 1.91. The molecule has 0 amide bonds. The molecule has 2 heteroatoms. The zero-order chi connectivity index (χ0) is 13.7. The van der Waals surface area contributed by atoms with Crippen LogP contribution >= 0.6 is 0 Å². The lowest BCUT2D eigenvalue weighted by atomic mass is 9.80. The minimum Gasteiger partial charge on any atom is -0.317 e. The molecule has 3 unspecified atom stereocenters. The Morgan fingerprint density at radius 3 is 2.37 bits per heavy atom. The summed E-state index contributed by atoms with van der Waals surface area (Å²) in [5.41, 5.74) is 0. The summed E-state index contributed by atoms with van der Waals surface area (Å²) in [6.45, 7) is 6.08. The maximum atomic E-state index is 3.53. The Morgan fingerprint density at radius 1 is 1.16 bits per heavy atom. The van der Waals surface area contributed by atoms with Crippen molar-refractivity contribution in [2.24, 2.45) is 5.92 Å². The number of nitrogens with zero attached hydrogens (tertiary/aromatic N) is 1. The van der Waals surface area contributed by atoms with E-state index in [2.05, 4.69) is 31.1 Å². The third kappa shape index (κ3) is 3.95. The first-order valence-electron chi connectivity index (χ1n) is 8.71. The van der Waals surface area contributed by atoms with Crippen LogP contribution in [0.25, 0.3) is 0 Å². The molecule has 0 aromatic carbocycles. The molecule has 2 fully saturated rings. The number of hydrogen-bond donors (Lipinski definition) is 1. The Labute approximate surface area is 120 Å². The molecule has 3 atom stereocenters. The van der Waals surface area contributed by atoms with E-state index in [0.717, 1.165) is 24.0 Å². The number of nitrogens with one attached hydrogen (secondary N) is 1. The number of hydrogen-bond acceptors (Lipinski definition) is 2. The number of fused-ring (bicyclic) bond motifs is 2. The highest BCUT2D eigenvalue weighted by atomic mass is 15.2. The van der Waals surface area contributed by atoms with Crippen molar-refractivity contribution in [1.82, 2.24) is 10.2 Å². The average Bonchev–Trinajstić information content (AvgIpc) is 2.42. The molecule has 19 heavy (non-hydrogen) atoms. The van der Waals surface area contributed by atoms with Crippen molar-refractivity contribution < 1.29 is 0 Å². The maximum absolute atomic E-state index is 3.53. The third-order valence-electron chi connectivity index (χ3n) is 5.55. The van der Waals surface area contributed by atoms with Crippen LogP contribution in [-0.4, -0.2) is 36.6 Å². The molecule has 2 nitrogen and oxygen atoms in total. The molecule has 112 valence electrons. The third-order valence-corrected chi connectivity index (χ3v) is 5.55. The first-order valence-corrected chi connectivity index (χ1v) is 8.71. The predicted octanol–water partition coefficient (Wildman–Crippen LogP) is 3.81. The average molecular weight is 266 g/mol. The topological polar surface area (TPSA) is 15.3 Å². The lowest BCUT2D eigenvalue weighted by molar-refractivity contribution is 0.0117. The zero-order valence-electron chi connectivity index (χ0n) is 13.3. The SMILES string of the molecule is CCCCC(CC)CN1C2CCCC1CC(NC)C2. The fraction of sp³-hybridized carbons (Fsp3) is 1.00. The number of piperidine rings is 2. The fourth-order valence-corrected chi connectivity index (χ4v) is 4.23. The largest absolute Gasteiger partial charge is 0.317 e. The summed E-state index contributed by atoms with van der Waals surface area (Å²) < 4.78 is 0. The first-order chi connectivity index (χ1) is 9.28. The van der Waals surface area contributed by atoms with Crippen LogP contribution in [0.3, 0.4) is 0 Å². The van der Waals surface area contributed by atoms with Gasteiger partial charge in [-0.15, -0.1) is 0 Å². The standard InChI is InChI=1S/C17H34N2/c1-4-6-8-14(5-2)13-19-16-9-7-10-17(19)12-15(11-16)18-3/h14-18H,4-13H2,1-3H3. The van der Waals surface area contributed by atoms with Crippen LogP contribution in [-0.2, 0) is 0 Å². The van der Waals surface area contributed by atoms with Gasteiger partial charge in [0.25, 0.3) is 0 Å². The molecule has 1 N–H and O–H groups in total. The number of rotatable bonds is 7. The van der Waals surface area contributed by atoms with Gasteiger partial charge < -0.3 is 5.32 Å². The lowest BCUT2D eigenvalue weighted by Crippen LogP contribution is -2.56. The second kappa shape index (κ2) is 7.64. The number of unbranched alkanes of at least 4 members (excludes halogenated alkanes) is 1. The molecule has 0 radical (unpaired) electrons. The highest BCUT2D eigenvalue weighted by Crippen LogP contribution is 2.35. The van der Waals surface area contributed by atoms with E-state index in [1.54, 1.807) is 0 Å². The minimum absolute atomic E-state index is 0.780. The van der Waals surface area contributed by atoms with Gasteiger partial charge in [0.2, 0.25) is 0 Å². The van der Waals surface area contributed by atoms with Crippen molar-refractivity contribution in [2.45, 2.75) is 89.8 Å². The quantitative estimate of drug-likeness (QED) is 0.754. The summed E-state index contributed by atoms with van der Waals surface area (Å²) in [6.07, 6.45) is 12.7. The highest BCUT2D eigenvalue weighted by Gasteiger charge is 2.38. The van der Waals surface area contributed by atoms with Crippen molar-refractivity contribution in [3.05, 3.63) is 0 Å². The van der Waals surface area contributed by atoms with Gasteiger partial charge in [-0.05, 0) is 45.1 Å². The normalized spacial score (nSPS) is 33.3. The maximum Gasteiger partial charge on any atom is 0.0113 e.